The largest absolute Gasteiger partial charge is 0.495 e. The second-order valence-electron chi connectivity index (χ2n) is 7.09. The fourth-order valence-corrected chi connectivity index (χ4v) is 4.30. The highest BCUT2D eigenvalue weighted by molar-refractivity contribution is 8.00. The molecule has 3 rings (SSSR count). The van der Waals surface area contributed by atoms with Gasteiger partial charge in [0.25, 0.3) is 0 Å². The maximum absolute atomic E-state index is 12.9. The molecule has 3 aromatic rings. The fourth-order valence-electron chi connectivity index (χ4n) is 3.11. The van der Waals surface area contributed by atoms with Gasteiger partial charge in [-0.15, -0.1) is 11.8 Å². The Hall–Kier alpha value is -2.96. The monoisotopic (exact) mass is 468 g/mol. The lowest BCUT2D eigenvalue weighted by Gasteiger charge is -2.17. The number of nitrogens with one attached hydrogen (secondary N) is 2. The number of benzene rings is 3. The quantitative estimate of drug-likeness (QED) is 0.376. The van der Waals surface area contributed by atoms with E-state index in [0.29, 0.717) is 35.0 Å². The second-order valence-corrected chi connectivity index (χ2v) is 8.80. The Morgan fingerprint density at radius 2 is 1.78 bits per heavy atom. The second kappa shape index (κ2) is 11.6. The van der Waals surface area contributed by atoms with E-state index in [9.17, 15) is 9.59 Å². The van der Waals surface area contributed by atoms with Crippen molar-refractivity contribution in [2.24, 2.45) is 0 Å². The topological polar surface area (TPSA) is 67.4 Å². The molecule has 0 aliphatic rings. The Balaban J connectivity index is 1.64. The van der Waals surface area contributed by atoms with Crippen molar-refractivity contribution in [1.29, 1.82) is 0 Å². The molecule has 0 spiro atoms. The first-order chi connectivity index (χ1) is 15.5. The summed E-state index contributed by atoms with van der Waals surface area (Å²) in [6.45, 7) is 1.96. The first-order valence-corrected chi connectivity index (χ1v) is 11.5. The van der Waals surface area contributed by atoms with Gasteiger partial charge in [0.1, 0.15) is 5.75 Å². The highest BCUT2D eigenvalue weighted by Gasteiger charge is 2.20. The van der Waals surface area contributed by atoms with Gasteiger partial charge < -0.3 is 15.4 Å². The van der Waals surface area contributed by atoms with Crippen LogP contribution in [0.25, 0.3) is 0 Å². The van der Waals surface area contributed by atoms with E-state index < -0.39 is 0 Å². The van der Waals surface area contributed by atoms with Gasteiger partial charge in [-0.25, -0.2) is 0 Å². The third-order valence-corrected chi connectivity index (χ3v) is 6.28. The van der Waals surface area contributed by atoms with Crippen molar-refractivity contribution < 1.29 is 14.3 Å². The number of anilines is 2. The Kier molecular flexibility index (Phi) is 8.59. The standard InChI is InChI=1S/C25H25ClN2O3S/c1-3-23(25(30)28-21-15-18(26)12-13-22(21)31-2)32-20-11-7-10-19(16-20)27-24(29)14-17-8-5-4-6-9-17/h4-13,15-16,23H,3,14H2,1-2H3,(H,27,29)(H,28,30). The number of methoxy groups -OCH3 is 1. The molecule has 0 heterocycles. The molecule has 0 saturated carbocycles. The average Bonchev–Trinajstić information content (AvgIpc) is 2.78. The SMILES string of the molecule is CCC(Sc1cccc(NC(=O)Cc2ccccc2)c1)C(=O)Nc1cc(Cl)ccc1OC. The molecule has 7 heteroatoms. The van der Waals surface area contributed by atoms with E-state index in [-0.39, 0.29) is 17.1 Å². The normalized spacial score (nSPS) is 11.5. The lowest BCUT2D eigenvalue weighted by Crippen LogP contribution is -2.24. The Morgan fingerprint density at radius 3 is 2.50 bits per heavy atom. The molecule has 0 saturated heterocycles. The van der Waals surface area contributed by atoms with Gasteiger partial charge in [-0.05, 0) is 48.4 Å². The van der Waals surface area contributed by atoms with Crippen LogP contribution in [-0.2, 0) is 16.0 Å². The van der Waals surface area contributed by atoms with Gasteiger partial charge >= 0.3 is 0 Å². The van der Waals surface area contributed by atoms with Crippen molar-refractivity contribution >= 4 is 46.6 Å². The summed E-state index contributed by atoms with van der Waals surface area (Å²) < 4.78 is 5.31. The highest BCUT2D eigenvalue weighted by Crippen LogP contribution is 2.31. The van der Waals surface area contributed by atoms with Gasteiger partial charge in [0.15, 0.2) is 0 Å². The van der Waals surface area contributed by atoms with E-state index in [1.165, 1.54) is 11.8 Å². The lowest BCUT2D eigenvalue weighted by atomic mass is 10.1. The average molecular weight is 469 g/mol. The minimum atomic E-state index is -0.325. The molecule has 2 N–H and O–H groups in total. The number of carbonyl (C=O) groups is 2. The van der Waals surface area contributed by atoms with E-state index in [1.807, 2.05) is 61.5 Å². The van der Waals surface area contributed by atoms with Crippen molar-refractivity contribution in [3.63, 3.8) is 0 Å². The van der Waals surface area contributed by atoms with Crippen LogP contribution >= 0.6 is 23.4 Å². The maximum Gasteiger partial charge on any atom is 0.237 e. The molecule has 1 unspecified atom stereocenters. The first kappa shape index (κ1) is 23.7. The smallest absolute Gasteiger partial charge is 0.237 e. The van der Waals surface area contributed by atoms with Crippen LogP contribution in [0.15, 0.2) is 77.7 Å². The van der Waals surface area contributed by atoms with Crippen LogP contribution in [-0.4, -0.2) is 24.2 Å². The number of carbonyl (C=O) groups excluding carboxylic acids is 2. The minimum Gasteiger partial charge on any atom is -0.495 e. The summed E-state index contributed by atoms with van der Waals surface area (Å²) in [5, 5.41) is 6.03. The predicted molar refractivity (Wildman–Crippen MR) is 132 cm³/mol. The maximum atomic E-state index is 12.9. The zero-order chi connectivity index (χ0) is 22.9. The first-order valence-electron chi connectivity index (χ1n) is 10.2. The molecule has 0 radical (unpaired) electrons. The molecule has 0 fully saturated rings. The molecule has 166 valence electrons. The number of hydrogen-bond acceptors (Lipinski definition) is 4. The summed E-state index contributed by atoms with van der Waals surface area (Å²) >= 11 is 7.51. The summed E-state index contributed by atoms with van der Waals surface area (Å²) in [7, 11) is 1.54. The summed E-state index contributed by atoms with van der Waals surface area (Å²) in [5.41, 5.74) is 2.18. The third-order valence-electron chi connectivity index (χ3n) is 4.69. The minimum absolute atomic E-state index is 0.0869. The third kappa shape index (κ3) is 6.77. The highest BCUT2D eigenvalue weighted by atomic mass is 35.5. The van der Waals surface area contributed by atoms with Crippen molar-refractivity contribution in [3.8, 4) is 5.75 Å². The molecule has 0 bridgehead atoms. The molecule has 5 nitrogen and oxygen atoms in total. The molecule has 32 heavy (non-hydrogen) atoms. The van der Waals surface area contributed by atoms with Crippen LogP contribution in [0.3, 0.4) is 0 Å². The number of rotatable bonds is 9. The van der Waals surface area contributed by atoms with E-state index >= 15 is 0 Å². The van der Waals surface area contributed by atoms with Crippen LogP contribution in [0.5, 0.6) is 5.75 Å². The molecule has 0 aromatic heterocycles. The number of hydrogen-bond donors (Lipinski definition) is 2. The van der Waals surface area contributed by atoms with E-state index in [2.05, 4.69) is 10.6 Å². The summed E-state index contributed by atoms with van der Waals surface area (Å²) in [4.78, 5) is 26.2. The van der Waals surface area contributed by atoms with E-state index in [4.69, 9.17) is 16.3 Å². The zero-order valence-electron chi connectivity index (χ0n) is 17.9. The molecule has 2 amide bonds. The van der Waals surface area contributed by atoms with Gasteiger partial charge in [-0.3, -0.25) is 9.59 Å². The van der Waals surface area contributed by atoms with Crippen molar-refractivity contribution in [3.05, 3.63) is 83.4 Å². The Labute approximate surface area is 197 Å². The van der Waals surface area contributed by atoms with Gasteiger partial charge in [-0.2, -0.15) is 0 Å². The van der Waals surface area contributed by atoms with Crippen molar-refractivity contribution in [1.82, 2.24) is 0 Å². The van der Waals surface area contributed by atoms with Crippen LogP contribution in [0.4, 0.5) is 11.4 Å². The van der Waals surface area contributed by atoms with Crippen molar-refractivity contribution in [2.45, 2.75) is 29.9 Å². The number of ether oxygens (including phenoxy) is 1. The van der Waals surface area contributed by atoms with E-state index in [0.717, 1.165) is 10.5 Å². The van der Waals surface area contributed by atoms with Gasteiger partial charge in [0.05, 0.1) is 24.5 Å². The van der Waals surface area contributed by atoms with Crippen molar-refractivity contribution in [2.75, 3.05) is 17.7 Å². The number of amides is 2. The Morgan fingerprint density at radius 1 is 1.00 bits per heavy atom. The molecular weight excluding hydrogens is 444 g/mol. The summed E-state index contributed by atoms with van der Waals surface area (Å²) in [5.74, 6) is 0.318. The zero-order valence-corrected chi connectivity index (χ0v) is 19.5. The molecular formula is C25H25ClN2O3S. The lowest BCUT2D eigenvalue weighted by molar-refractivity contribution is -0.116. The van der Waals surface area contributed by atoms with Crippen LogP contribution in [0, 0.1) is 0 Å². The fraction of sp³-hybridized carbons (Fsp3) is 0.200. The van der Waals surface area contributed by atoms with Crippen LogP contribution in [0.1, 0.15) is 18.9 Å². The van der Waals surface area contributed by atoms with Gasteiger partial charge in [0, 0.05) is 15.6 Å². The predicted octanol–water partition coefficient (Wildman–Crippen LogP) is 6.04. The number of thioether (sulfide) groups is 1. The van der Waals surface area contributed by atoms with Crippen LogP contribution < -0.4 is 15.4 Å². The molecule has 0 aliphatic carbocycles. The molecule has 0 aliphatic heterocycles. The van der Waals surface area contributed by atoms with Gasteiger partial charge in [-0.1, -0.05) is 54.9 Å². The summed E-state index contributed by atoms with van der Waals surface area (Å²) in [6, 6.07) is 22.2. The molecule has 3 aromatic carbocycles. The van der Waals surface area contributed by atoms with Gasteiger partial charge in [0.2, 0.25) is 11.8 Å². The Bertz CT molecular complexity index is 1080. The number of halogens is 1. The van der Waals surface area contributed by atoms with E-state index in [1.54, 1.807) is 25.3 Å². The molecule has 1 atom stereocenters. The summed E-state index contributed by atoms with van der Waals surface area (Å²) in [6.07, 6.45) is 0.934. The van der Waals surface area contributed by atoms with Crippen LogP contribution in [0.2, 0.25) is 5.02 Å².